The molecule has 3 atom stereocenters. The number of nitrogens with zero attached hydrogens (tertiary/aromatic N) is 1. The summed E-state index contributed by atoms with van der Waals surface area (Å²) >= 11 is 4.27. The van der Waals surface area contributed by atoms with Gasteiger partial charge in [-0.2, -0.15) is 12.6 Å². The maximum Gasteiger partial charge on any atom is 0.407 e. The van der Waals surface area contributed by atoms with Crippen LogP contribution < -0.4 is 0 Å². The average Bonchev–Trinajstić information content (AvgIpc) is 2.08. The van der Waals surface area contributed by atoms with Crippen LogP contribution in [-0.2, 0) is 0 Å². The third-order valence-electron chi connectivity index (χ3n) is 3.05. The number of rotatable bonds is 1. The van der Waals surface area contributed by atoms with Crippen LogP contribution in [0.4, 0.5) is 4.79 Å². The summed E-state index contributed by atoms with van der Waals surface area (Å²) in [6.07, 6.45) is 0.593. The molecule has 2 N–H and O–H groups in total. The summed E-state index contributed by atoms with van der Waals surface area (Å²) in [6.45, 7) is 5.63. The lowest BCUT2D eigenvalue weighted by atomic mass is 9.89. The van der Waals surface area contributed by atoms with Gasteiger partial charge >= 0.3 is 6.09 Å². The van der Waals surface area contributed by atoms with E-state index in [4.69, 9.17) is 0 Å². The predicted molar refractivity (Wildman–Crippen MR) is 66.0 cm³/mol. The van der Waals surface area contributed by atoms with Crippen molar-refractivity contribution < 1.29 is 15.0 Å². The van der Waals surface area contributed by atoms with Gasteiger partial charge in [0.25, 0.3) is 0 Å². The highest BCUT2D eigenvalue weighted by molar-refractivity contribution is 7.81. The van der Waals surface area contributed by atoms with Crippen LogP contribution in [0, 0.1) is 0 Å². The Morgan fingerprint density at radius 2 is 1.94 bits per heavy atom. The summed E-state index contributed by atoms with van der Waals surface area (Å²) in [5, 5.41) is 19.0. The number of amides is 1. The molecule has 1 amide bonds. The molecule has 0 radical (unpaired) electrons. The van der Waals surface area contributed by atoms with E-state index in [0.29, 0.717) is 6.42 Å². The fourth-order valence-electron chi connectivity index (χ4n) is 2.33. The number of aliphatic hydroxyl groups is 1. The van der Waals surface area contributed by atoms with Crippen molar-refractivity contribution in [3.05, 3.63) is 0 Å². The van der Waals surface area contributed by atoms with Crippen LogP contribution in [0.5, 0.6) is 0 Å². The molecule has 0 aromatic heterocycles. The SMILES string of the molecule is CC(C)(C)N(C(=O)O)[C@@H]1CC[C@@H](S)[C@H](O)C1. The van der Waals surface area contributed by atoms with E-state index in [2.05, 4.69) is 12.6 Å². The molecule has 1 aliphatic rings. The minimum absolute atomic E-state index is 0.0214. The maximum atomic E-state index is 11.3. The van der Waals surface area contributed by atoms with Gasteiger partial charge in [0, 0.05) is 16.8 Å². The van der Waals surface area contributed by atoms with Crippen LogP contribution in [0.25, 0.3) is 0 Å². The molecule has 4 nitrogen and oxygen atoms in total. The summed E-state index contributed by atoms with van der Waals surface area (Å²) in [4.78, 5) is 12.7. The van der Waals surface area contributed by atoms with Crippen molar-refractivity contribution in [2.45, 2.75) is 63.0 Å². The van der Waals surface area contributed by atoms with E-state index in [1.54, 1.807) is 0 Å². The standard InChI is InChI=1S/C11H21NO3S/c1-11(2,3)12(10(14)15)7-4-5-9(16)8(13)6-7/h7-9,13,16H,4-6H2,1-3H3,(H,14,15)/t7-,8-,9-/m1/s1. The van der Waals surface area contributed by atoms with Gasteiger partial charge in [-0.3, -0.25) is 0 Å². The average molecular weight is 247 g/mol. The lowest BCUT2D eigenvalue weighted by Gasteiger charge is -2.43. The first-order valence-corrected chi connectivity index (χ1v) is 6.13. The Labute approximate surface area is 102 Å². The van der Waals surface area contributed by atoms with Crippen molar-refractivity contribution in [1.82, 2.24) is 4.90 Å². The molecule has 0 aromatic carbocycles. The molecule has 0 unspecified atom stereocenters. The summed E-state index contributed by atoms with van der Waals surface area (Å²) in [7, 11) is 0. The molecule has 0 saturated heterocycles. The topological polar surface area (TPSA) is 60.8 Å². The van der Waals surface area contributed by atoms with Gasteiger partial charge < -0.3 is 15.1 Å². The number of aliphatic hydroxyl groups excluding tert-OH is 1. The van der Waals surface area contributed by atoms with Gasteiger partial charge in [0.1, 0.15) is 0 Å². The summed E-state index contributed by atoms with van der Waals surface area (Å²) in [5.74, 6) is 0. The van der Waals surface area contributed by atoms with E-state index in [-0.39, 0.29) is 11.3 Å². The van der Waals surface area contributed by atoms with Crippen molar-refractivity contribution in [3.8, 4) is 0 Å². The van der Waals surface area contributed by atoms with Gasteiger partial charge in [0.05, 0.1) is 6.10 Å². The molecular weight excluding hydrogens is 226 g/mol. The van der Waals surface area contributed by atoms with Gasteiger partial charge in [0.2, 0.25) is 0 Å². The normalized spacial score (nSPS) is 31.2. The molecule has 1 rings (SSSR count). The Balaban J connectivity index is 2.78. The largest absolute Gasteiger partial charge is 0.465 e. The van der Waals surface area contributed by atoms with Crippen molar-refractivity contribution in [2.24, 2.45) is 0 Å². The smallest absolute Gasteiger partial charge is 0.407 e. The molecule has 0 aromatic rings. The summed E-state index contributed by atoms with van der Waals surface area (Å²) < 4.78 is 0. The first-order valence-electron chi connectivity index (χ1n) is 5.62. The Hall–Kier alpha value is -0.420. The van der Waals surface area contributed by atoms with Crippen LogP contribution in [0.15, 0.2) is 0 Å². The Morgan fingerprint density at radius 3 is 2.31 bits per heavy atom. The highest BCUT2D eigenvalue weighted by Gasteiger charge is 2.37. The van der Waals surface area contributed by atoms with Gasteiger partial charge in [-0.1, -0.05) is 0 Å². The molecule has 0 bridgehead atoms. The van der Waals surface area contributed by atoms with Gasteiger partial charge in [-0.05, 0) is 40.0 Å². The van der Waals surface area contributed by atoms with Gasteiger partial charge in [-0.25, -0.2) is 4.79 Å². The fraction of sp³-hybridized carbons (Fsp3) is 0.909. The molecule has 0 aliphatic heterocycles. The van der Waals surface area contributed by atoms with Crippen LogP contribution in [0.2, 0.25) is 0 Å². The maximum absolute atomic E-state index is 11.3. The predicted octanol–water partition coefficient (Wildman–Crippen LogP) is 1.98. The van der Waals surface area contributed by atoms with Crippen molar-refractivity contribution in [1.29, 1.82) is 0 Å². The molecule has 5 heteroatoms. The molecule has 1 saturated carbocycles. The quantitative estimate of drug-likeness (QED) is 0.621. The molecule has 94 valence electrons. The Morgan fingerprint density at radius 1 is 1.38 bits per heavy atom. The zero-order valence-corrected chi connectivity index (χ0v) is 10.9. The summed E-state index contributed by atoms with van der Waals surface area (Å²) in [5.41, 5.74) is -0.431. The third kappa shape index (κ3) is 3.04. The van der Waals surface area contributed by atoms with Crippen molar-refractivity contribution >= 4 is 18.7 Å². The first kappa shape index (κ1) is 13.6. The number of carbonyl (C=O) groups is 1. The molecule has 1 aliphatic carbocycles. The van der Waals surface area contributed by atoms with Crippen LogP contribution in [0.1, 0.15) is 40.0 Å². The second kappa shape index (κ2) is 4.84. The number of carboxylic acid groups (broad SMARTS) is 1. The molecule has 0 spiro atoms. The number of hydrogen-bond acceptors (Lipinski definition) is 3. The van der Waals surface area contributed by atoms with Crippen LogP contribution >= 0.6 is 12.6 Å². The van der Waals surface area contributed by atoms with Crippen molar-refractivity contribution in [2.75, 3.05) is 0 Å². The van der Waals surface area contributed by atoms with Crippen LogP contribution in [0.3, 0.4) is 0 Å². The Bertz CT molecular complexity index is 264. The molecular formula is C11H21NO3S. The zero-order valence-electron chi connectivity index (χ0n) is 10.1. The van der Waals surface area contributed by atoms with E-state index >= 15 is 0 Å². The van der Waals surface area contributed by atoms with E-state index in [1.165, 1.54) is 4.90 Å². The Kier molecular flexibility index (Phi) is 4.12. The second-order valence-electron chi connectivity index (χ2n) is 5.42. The number of hydrogen-bond donors (Lipinski definition) is 3. The monoisotopic (exact) mass is 247 g/mol. The fourth-order valence-corrected chi connectivity index (χ4v) is 2.61. The first-order chi connectivity index (χ1) is 7.23. The minimum Gasteiger partial charge on any atom is -0.465 e. The van der Waals surface area contributed by atoms with E-state index in [0.717, 1.165) is 12.8 Å². The van der Waals surface area contributed by atoms with E-state index < -0.39 is 17.7 Å². The van der Waals surface area contributed by atoms with Gasteiger partial charge in [0.15, 0.2) is 0 Å². The lowest BCUT2D eigenvalue weighted by molar-refractivity contribution is 0.0256. The van der Waals surface area contributed by atoms with E-state index in [9.17, 15) is 15.0 Å². The third-order valence-corrected chi connectivity index (χ3v) is 3.65. The molecule has 16 heavy (non-hydrogen) atoms. The van der Waals surface area contributed by atoms with Gasteiger partial charge in [-0.15, -0.1) is 0 Å². The zero-order chi connectivity index (χ0) is 12.5. The van der Waals surface area contributed by atoms with Crippen LogP contribution in [-0.4, -0.2) is 44.1 Å². The highest BCUT2D eigenvalue weighted by Crippen LogP contribution is 2.30. The minimum atomic E-state index is -0.915. The van der Waals surface area contributed by atoms with Crippen molar-refractivity contribution in [3.63, 3.8) is 0 Å². The van der Waals surface area contributed by atoms with E-state index in [1.807, 2.05) is 20.8 Å². The summed E-state index contributed by atoms with van der Waals surface area (Å²) in [6, 6.07) is -0.101. The highest BCUT2D eigenvalue weighted by atomic mass is 32.1. The molecule has 0 heterocycles. The molecule has 1 fully saturated rings. The lowest BCUT2D eigenvalue weighted by Crippen LogP contribution is -2.54. The second-order valence-corrected chi connectivity index (χ2v) is 6.09. The number of thiol groups is 1.